The summed E-state index contributed by atoms with van der Waals surface area (Å²) in [7, 11) is 0. The van der Waals surface area contributed by atoms with Gasteiger partial charge < -0.3 is 0 Å². The fraction of sp³-hybridized carbons (Fsp3) is 0.917. The summed E-state index contributed by atoms with van der Waals surface area (Å²) in [4.78, 5) is 32.2. The fourth-order valence-corrected chi connectivity index (χ4v) is 3.34. The zero-order chi connectivity index (χ0) is 20.7. The lowest BCUT2D eigenvalue weighted by atomic mass is 10.0. The molecular weight excluding hydrogens is 352 g/mol. The number of carbonyl (C=O) groups is 2. The lowest BCUT2D eigenvalue weighted by molar-refractivity contribution is -0.259. The van der Waals surface area contributed by atoms with Crippen LogP contribution in [-0.4, -0.2) is 11.9 Å². The summed E-state index contributed by atoms with van der Waals surface area (Å²) >= 11 is 0. The second-order valence-electron chi connectivity index (χ2n) is 8.07. The van der Waals surface area contributed by atoms with Crippen molar-refractivity contribution >= 4 is 11.9 Å². The highest BCUT2D eigenvalue weighted by molar-refractivity contribution is 5.72. The molecule has 166 valence electrons. The number of hydrogen-bond donors (Lipinski definition) is 0. The lowest BCUT2D eigenvalue weighted by Gasteiger charge is -2.04. The van der Waals surface area contributed by atoms with Crippen molar-refractivity contribution in [1.29, 1.82) is 0 Å². The van der Waals surface area contributed by atoms with Gasteiger partial charge in [-0.05, 0) is 12.8 Å². The van der Waals surface area contributed by atoms with E-state index in [9.17, 15) is 9.59 Å². The van der Waals surface area contributed by atoms with Gasteiger partial charge in [-0.1, -0.05) is 117 Å². The van der Waals surface area contributed by atoms with Gasteiger partial charge in [0.2, 0.25) is 0 Å². The van der Waals surface area contributed by atoms with Gasteiger partial charge in [0.05, 0.1) is 12.8 Å². The molecular formula is C24H46O4. The third-order valence-corrected chi connectivity index (χ3v) is 5.20. The predicted octanol–water partition coefficient (Wildman–Crippen LogP) is 7.83. The highest BCUT2D eigenvalue weighted by atomic mass is 17.2. The van der Waals surface area contributed by atoms with Gasteiger partial charge in [-0.15, -0.1) is 0 Å². The standard InChI is InChI=1S/C24H46O4/c1-3-5-7-9-10-11-12-13-14-15-16-18-20-22-24(26)28-27-23(25)21-19-17-8-6-4-2/h3-22H2,1-2H3. The normalized spacial score (nSPS) is 10.8. The van der Waals surface area contributed by atoms with Crippen LogP contribution >= 0.6 is 0 Å². The molecule has 0 heterocycles. The van der Waals surface area contributed by atoms with Crippen molar-refractivity contribution in [3.05, 3.63) is 0 Å². The van der Waals surface area contributed by atoms with Crippen LogP contribution in [-0.2, 0) is 19.4 Å². The van der Waals surface area contributed by atoms with Crippen LogP contribution in [0.3, 0.4) is 0 Å². The molecule has 0 aliphatic rings. The number of hydrogen-bond acceptors (Lipinski definition) is 4. The Morgan fingerprint density at radius 2 is 0.679 bits per heavy atom. The molecule has 0 N–H and O–H groups in total. The van der Waals surface area contributed by atoms with Crippen molar-refractivity contribution in [3.63, 3.8) is 0 Å². The largest absolute Gasteiger partial charge is 0.355 e. The first-order valence-corrected chi connectivity index (χ1v) is 12.1. The van der Waals surface area contributed by atoms with Crippen LogP contribution in [0, 0.1) is 0 Å². The highest BCUT2D eigenvalue weighted by Crippen LogP contribution is 2.13. The Balaban J connectivity index is 3.27. The van der Waals surface area contributed by atoms with Crippen LogP contribution in [0.2, 0.25) is 0 Å². The molecule has 0 rings (SSSR count). The maximum absolute atomic E-state index is 11.6. The van der Waals surface area contributed by atoms with E-state index in [-0.39, 0.29) is 0 Å². The Morgan fingerprint density at radius 1 is 0.429 bits per heavy atom. The number of unbranched alkanes of at least 4 members (excludes halogenated alkanes) is 16. The molecule has 0 aromatic rings. The summed E-state index contributed by atoms with van der Waals surface area (Å²) in [5.41, 5.74) is 0. The van der Waals surface area contributed by atoms with Crippen LogP contribution in [0.1, 0.15) is 142 Å². The number of rotatable bonds is 20. The van der Waals surface area contributed by atoms with E-state index in [1.807, 2.05) is 0 Å². The Bertz CT molecular complexity index is 355. The molecule has 0 saturated heterocycles. The molecule has 0 atom stereocenters. The first-order valence-electron chi connectivity index (χ1n) is 12.1. The minimum absolute atomic E-state index is 0.329. The Hall–Kier alpha value is -1.06. The highest BCUT2D eigenvalue weighted by Gasteiger charge is 2.09. The van der Waals surface area contributed by atoms with E-state index in [1.54, 1.807) is 0 Å². The maximum atomic E-state index is 11.6. The first kappa shape index (κ1) is 26.9. The SMILES string of the molecule is CCCCCCCCCCCCCCCC(=O)OOC(=O)CCCCCCC. The summed E-state index contributed by atoms with van der Waals surface area (Å²) in [6.45, 7) is 4.42. The predicted molar refractivity (Wildman–Crippen MR) is 116 cm³/mol. The maximum Gasteiger partial charge on any atom is 0.355 e. The second kappa shape index (κ2) is 22.2. The quantitative estimate of drug-likeness (QED) is 0.119. The third kappa shape index (κ3) is 21.2. The van der Waals surface area contributed by atoms with E-state index in [4.69, 9.17) is 0 Å². The zero-order valence-corrected chi connectivity index (χ0v) is 18.8. The molecule has 4 nitrogen and oxygen atoms in total. The Labute approximate surface area is 174 Å². The minimum Gasteiger partial charge on any atom is -0.247 e. The molecule has 0 fully saturated rings. The van der Waals surface area contributed by atoms with Gasteiger partial charge in [-0.25, -0.2) is 19.4 Å². The van der Waals surface area contributed by atoms with Crippen molar-refractivity contribution in [2.24, 2.45) is 0 Å². The summed E-state index contributed by atoms with van der Waals surface area (Å²) in [5, 5.41) is 0. The molecule has 0 bridgehead atoms. The molecule has 0 aliphatic carbocycles. The smallest absolute Gasteiger partial charge is 0.247 e. The first-order chi connectivity index (χ1) is 13.7. The van der Waals surface area contributed by atoms with Crippen molar-refractivity contribution in [1.82, 2.24) is 0 Å². The summed E-state index contributed by atoms with van der Waals surface area (Å²) in [6.07, 6.45) is 22.6. The van der Waals surface area contributed by atoms with E-state index in [2.05, 4.69) is 23.6 Å². The van der Waals surface area contributed by atoms with Crippen LogP contribution in [0.4, 0.5) is 0 Å². The van der Waals surface area contributed by atoms with E-state index in [0.29, 0.717) is 12.8 Å². The zero-order valence-electron chi connectivity index (χ0n) is 18.8. The van der Waals surface area contributed by atoms with Gasteiger partial charge in [-0.3, -0.25) is 0 Å². The molecule has 0 radical (unpaired) electrons. The Kier molecular flexibility index (Phi) is 21.4. The van der Waals surface area contributed by atoms with Crippen LogP contribution in [0.25, 0.3) is 0 Å². The molecule has 28 heavy (non-hydrogen) atoms. The van der Waals surface area contributed by atoms with Crippen molar-refractivity contribution < 1.29 is 19.4 Å². The van der Waals surface area contributed by atoms with Gasteiger partial charge in [0.25, 0.3) is 0 Å². The van der Waals surface area contributed by atoms with Crippen molar-refractivity contribution in [2.45, 2.75) is 142 Å². The summed E-state index contributed by atoms with van der Waals surface area (Å²) in [6, 6.07) is 0. The average molecular weight is 399 g/mol. The van der Waals surface area contributed by atoms with Crippen LogP contribution < -0.4 is 0 Å². The molecule has 0 amide bonds. The summed E-state index contributed by atoms with van der Waals surface area (Å²) in [5.74, 6) is -0.863. The van der Waals surface area contributed by atoms with Crippen molar-refractivity contribution in [3.8, 4) is 0 Å². The topological polar surface area (TPSA) is 52.6 Å². The van der Waals surface area contributed by atoms with E-state index in [1.165, 1.54) is 83.5 Å². The molecule has 0 aromatic heterocycles. The van der Waals surface area contributed by atoms with E-state index < -0.39 is 11.9 Å². The Morgan fingerprint density at radius 3 is 0.964 bits per heavy atom. The number of carbonyl (C=O) groups excluding carboxylic acids is 2. The summed E-state index contributed by atoms with van der Waals surface area (Å²) < 4.78 is 0. The van der Waals surface area contributed by atoms with Gasteiger partial charge >= 0.3 is 11.9 Å². The van der Waals surface area contributed by atoms with Crippen LogP contribution in [0.15, 0.2) is 0 Å². The van der Waals surface area contributed by atoms with Crippen LogP contribution in [0.5, 0.6) is 0 Å². The van der Waals surface area contributed by atoms with Gasteiger partial charge in [0.15, 0.2) is 0 Å². The van der Waals surface area contributed by atoms with Gasteiger partial charge in [-0.2, -0.15) is 0 Å². The molecule has 0 spiro atoms. The molecule has 0 saturated carbocycles. The third-order valence-electron chi connectivity index (χ3n) is 5.20. The molecule has 4 heteroatoms. The van der Waals surface area contributed by atoms with E-state index in [0.717, 1.165) is 32.1 Å². The second-order valence-corrected chi connectivity index (χ2v) is 8.07. The molecule has 0 aliphatic heterocycles. The minimum atomic E-state index is -0.435. The fourth-order valence-electron chi connectivity index (χ4n) is 3.34. The van der Waals surface area contributed by atoms with Gasteiger partial charge in [0.1, 0.15) is 0 Å². The van der Waals surface area contributed by atoms with Crippen molar-refractivity contribution in [2.75, 3.05) is 0 Å². The molecule has 0 aromatic carbocycles. The monoisotopic (exact) mass is 398 g/mol. The average Bonchev–Trinajstić information content (AvgIpc) is 2.69. The lowest BCUT2D eigenvalue weighted by Crippen LogP contribution is -2.11. The van der Waals surface area contributed by atoms with Gasteiger partial charge in [0, 0.05) is 0 Å². The van der Waals surface area contributed by atoms with E-state index >= 15 is 0 Å². The molecule has 0 unspecified atom stereocenters.